The first-order chi connectivity index (χ1) is 7.19. The van der Waals surface area contributed by atoms with Gasteiger partial charge in [-0.25, -0.2) is 0 Å². The maximum absolute atomic E-state index is 11.5. The van der Waals surface area contributed by atoms with Crippen molar-refractivity contribution in [2.24, 2.45) is 0 Å². The normalized spacial score (nSPS) is 17.5. The lowest BCUT2D eigenvalue weighted by Gasteiger charge is -2.23. The quantitative estimate of drug-likeness (QED) is 0.484. The smallest absolute Gasteiger partial charge is 0.323 e. The molecule has 0 radical (unpaired) electrons. The van der Waals surface area contributed by atoms with Crippen molar-refractivity contribution in [1.82, 2.24) is 4.90 Å². The second-order valence-electron chi connectivity index (χ2n) is 3.24. The van der Waals surface area contributed by atoms with E-state index in [4.69, 9.17) is 0 Å². The Morgan fingerprint density at radius 2 is 1.87 bits per heavy atom. The Morgan fingerprint density at radius 3 is 2.33 bits per heavy atom. The molecule has 0 N–H and O–H groups in total. The van der Waals surface area contributed by atoms with Crippen molar-refractivity contribution in [1.29, 1.82) is 0 Å². The standard InChI is InChI=1S/C10H15NO4/c1-14-9(12)7-8(10(13)15-2)11-5-3-4-6-11/h3-4,8H,5-7H2,1-2H3/t8-/m0/s1. The first-order valence-electron chi connectivity index (χ1n) is 4.72. The Labute approximate surface area is 88.6 Å². The Kier molecular flexibility index (Phi) is 4.30. The van der Waals surface area contributed by atoms with Crippen LogP contribution in [0.15, 0.2) is 12.2 Å². The van der Waals surface area contributed by atoms with Gasteiger partial charge in [-0.1, -0.05) is 12.2 Å². The van der Waals surface area contributed by atoms with Gasteiger partial charge in [0.1, 0.15) is 6.04 Å². The molecule has 0 aliphatic carbocycles. The fraction of sp³-hybridized carbons (Fsp3) is 0.600. The molecule has 84 valence electrons. The minimum Gasteiger partial charge on any atom is -0.469 e. The number of rotatable bonds is 4. The highest BCUT2D eigenvalue weighted by Crippen LogP contribution is 2.11. The molecule has 0 saturated carbocycles. The molecule has 0 fully saturated rings. The number of methoxy groups -OCH3 is 2. The summed E-state index contributed by atoms with van der Waals surface area (Å²) in [7, 11) is 2.62. The van der Waals surface area contributed by atoms with Gasteiger partial charge < -0.3 is 9.47 Å². The molecule has 0 spiro atoms. The summed E-state index contributed by atoms with van der Waals surface area (Å²) in [4.78, 5) is 24.4. The molecule has 1 atom stereocenters. The van der Waals surface area contributed by atoms with E-state index in [0.29, 0.717) is 13.1 Å². The van der Waals surface area contributed by atoms with Gasteiger partial charge in [0.05, 0.1) is 20.6 Å². The molecule has 1 rings (SSSR count). The van der Waals surface area contributed by atoms with E-state index in [0.717, 1.165) is 0 Å². The highest BCUT2D eigenvalue weighted by atomic mass is 16.5. The molecule has 1 aliphatic rings. The van der Waals surface area contributed by atoms with E-state index in [1.165, 1.54) is 14.2 Å². The van der Waals surface area contributed by atoms with Crippen LogP contribution in [-0.4, -0.2) is 50.2 Å². The van der Waals surface area contributed by atoms with Crippen molar-refractivity contribution in [3.8, 4) is 0 Å². The predicted octanol–water partition coefficient (Wildman–Crippen LogP) is -0.0371. The monoisotopic (exact) mass is 213 g/mol. The van der Waals surface area contributed by atoms with Gasteiger partial charge in [0.25, 0.3) is 0 Å². The molecule has 0 aromatic rings. The summed E-state index contributed by atoms with van der Waals surface area (Å²) in [5.74, 6) is -0.804. The third kappa shape index (κ3) is 3.06. The Balaban J connectivity index is 2.60. The van der Waals surface area contributed by atoms with Crippen molar-refractivity contribution in [2.45, 2.75) is 12.5 Å². The molecule has 0 aromatic carbocycles. The van der Waals surface area contributed by atoms with Gasteiger partial charge in [-0.2, -0.15) is 0 Å². The zero-order valence-electron chi connectivity index (χ0n) is 8.93. The van der Waals surface area contributed by atoms with Crippen molar-refractivity contribution in [2.75, 3.05) is 27.3 Å². The van der Waals surface area contributed by atoms with Gasteiger partial charge in [0, 0.05) is 13.1 Å². The second-order valence-corrected chi connectivity index (χ2v) is 3.24. The summed E-state index contributed by atoms with van der Waals surface area (Å²) >= 11 is 0. The van der Waals surface area contributed by atoms with Crippen LogP contribution in [0.5, 0.6) is 0 Å². The highest BCUT2D eigenvalue weighted by Gasteiger charge is 2.29. The molecule has 15 heavy (non-hydrogen) atoms. The van der Waals surface area contributed by atoms with E-state index in [1.54, 1.807) is 0 Å². The van der Waals surface area contributed by atoms with Crippen LogP contribution in [0, 0.1) is 0 Å². The molecule has 0 amide bonds. The maximum Gasteiger partial charge on any atom is 0.323 e. The first kappa shape index (κ1) is 11.7. The SMILES string of the molecule is COC(=O)C[C@@H](C(=O)OC)N1CC=CC1. The fourth-order valence-corrected chi connectivity index (χ4v) is 1.49. The first-order valence-corrected chi connectivity index (χ1v) is 4.72. The lowest BCUT2D eigenvalue weighted by atomic mass is 10.2. The van der Waals surface area contributed by atoms with E-state index >= 15 is 0 Å². The Morgan fingerprint density at radius 1 is 1.27 bits per heavy atom. The van der Waals surface area contributed by atoms with Crippen molar-refractivity contribution < 1.29 is 19.1 Å². The average molecular weight is 213 g/mol. The number of hydrogen-bond acceptors (Lipinski definition) is 5. The van der Waals surface area contributed by atoms with Gasteiger partial charge in [0.15, 0.2) is 0 Å². The molecule has 0 aromatic heterocycles. The van der Waals surface area contributed by atoms with Crippen molar-refractivity contribution in [3.63, 3.8) is 0 Å². The van der Waals surface area contributed by atoms with Crippen LogP contribution in [0.2, 0.25) is 0 Å². The average Bonchev–Trinajstić information content (AvgIpc) is 2.77. The van der Waals surface area contributed by atoms with Crippen LogP contribution in [0.3, 0.4) is 0 Å². The summed E-state index contributed by atoms with van der Waals surface area (Å²) in [5, 5.41) is 0. The van der Waals surface area contributed by atoms with Gasteiger partial charge in [-0.3, -0.25) is 14.5 Å². The van der Waals surface area contributed by atoms with E-state index in [1.807, 2.05) is 17.1 Å². The van der Waals surface area contributed by atoms with Gasteiger partial charge in [-0.15, -0.1) is 0 Å². The van der Waals surface area contributed by atoms with E-state index in [2.05, 4.69) is 9.47 Å². The third-order valence-corrected chi connectivity index (χ3v) is 2.35. The van der Waals surface area contributed by atoms with E-state index in [9.17, 15) is 9.59 Å². The molecule has 1 aliphatic heterocycles. The van der Waals surface area contributed by atoms with Crippen LogP contribution in [-0.2, 0) is 19.1 Å². The summed E-state index contributed by atoms with van der Waals surface area (Å²) in [6, 6.07) is -0.544. The van der Waals surface area contributed by atoms with Gasteiger partial charge in [0.2, 0.25) is 0 Å². The minimum atomic E-state index is -0.544. The molecule has 0 saturated heterocycles. The number of ether oxygens (including phenoxy) is 2. The lowest BCUT2D eigenvalue weighted by Crippen LogP contribution is -2.42. The molecular weight excluding hydrogens is 198 g/mol. The van der Waals surface area contributed by atoms with Crippen LogP contribution >= 0.6 is 0 Å². The molecular formula is C10H15NO4. The van der Waals surface area contributed by atoms with Gasteiger partial charge >= 0.3 is 11.9 Å². The predicted molar refractivity (Wildman–Crippen MR) is 53.2 cm³/mol. The number of carbonyl (C=O) groups is 2. The zero-order valence-corrected chi connectivity index (χ0v) is 8.93. The van der Waals surface area contributed by atoms with Crippen LogP contribution in [0.1, 0.15) is 6.42 Å². The number of hydrogen-bond donors (Lipinski definition) is 0. The Bertz CT molecular complexity index is 267. The topological polar surface area (TPSA) is 55.8 Å². The third-order valence-electron chi connectivity index (χ3n) is 2.35. The van der Waals surface area contributed by atoms with Crippen molar-refractivity contribution >= 4 is 11.9 Å². The summed E-state index contributed by atoms with van der Waals surface area (Å²) < 4.78 is 9.20. The van der Waals surface area contributed by atoms with Gasteiger partial charge in [-0.05, 0) is 0 Å². The van der Waals surface area contributed by atoms with E-state index in [-0.39, 0.29) is 6.42 Å². The Hall–Kier alpha value is -1.36. The lowest BCUT2D eigenvalue weighted by molar-refractivity contribution is -0.153. The highest BCUT2D eigenvalue weighted by molar-refractivity contribution is 5.82. The summed E-state index contributed by atoms with van der Waals surface area (Å²) in [6.07, 6.45) is 3.94. The number of esters is 2. The summed E-state index contributed by atoms with van der Waals surface area (Å²) in [6.45, 7) is 1.33. The van der Waals surface area contributed by atoms with Crippen molar-refractivity contribution in [3.05, 3.63) is 12.2 Å². The number of carbonyl (C=O) groups excluding carboxylic acids is 2. The van der Waals surface area contributed by atoms with Crippen LogP contribution < -0.4 is 0 Å². The maximum atomic E-state index is 11.5. The van der Waals surface area contributed by atoms with Crippen LogP contribution in [0.25, 0.3) is 0 Å². The summed E-state index contributed by atoms with van der Waals surface area (Å²) in [5.41, 5.74) is 0. The second kappa shape index (κ2) is 5.50. The molecule has 1 heterocycles. The number of nitrogens with zero attached hydrogens (tertiary/aromatic N) is 1. The largest absolute Gasteiger partial charge is 0.469 e. The molecule has 0 bridgehead atoms. The van der Waals surface area contributed by atoms with Crippen LogP contribution in [0.4, 0.5) is 0 Å². The minimum absolute atomic E-state index is 0.0326. The van der Waals surface area contributed by atoms with E-state index < -0.39 is 18.0 Å². The molecule has 5 heteroatoms. The zero-order chi connectivity index (χ0) is 11.3. The molecule has 5 nitrogen and oxygen atoms in total. The fourth-order valence-electron chi connectivity index (χ4n) is 1.49. The molecule has 0 unspecified atom stereocenters.